The fourth-order valence-electron chi connectivity index (χ4n) is 2.17. The van der Waals surface area contributed by atoms with Crippen LogP contribution in [0, 0.1) is 12.7 Å². The maximum Gasteiger partial charge on any atom is 0.277 e. The monoisotopic (exact) mass is 306 g/mol. The fourth-order valence-corrected chi connectivity index (χ4v) is 2.17. The number of hydrogen-bond acceptors (Lipinski definition) is 3. The zero-order valence-electron chi connectivity index (χ0n) is 13.3. The van der Waals surface area contributed by atoms with Gasteiger partial charge in [-0.2, -0.15) is 0 Å². The first-order chi connectivity index (χ1) is 10.4. The van der Waals surface area contributed by atoms with Gasteiger partial charge in [-0.15, -0.1) is 0 Å². The number of benzene rings is 1. The van der Waals surface area contributed by atoms with Gasteiger partial charge in [-0.3, -0.25) is 4.79 Å². The average molecular weight is 306 g/mol. The summed E-state index contributed by atoms with van der Waals surface area (Å²) in [4.78, 5) is 14.3. The van der Waals surface area contributed by atoms with Gasteiger partial charge in [-0.05, 0) is 31.2 Å². The van der Waals surface area contributed by atoms with Crippen molar-refractivity contribution in [3.05, 3.63) is 41.3 Å². The Morgan fingerprint density at radius 1 is 1.32 bits per heavy atom. The van der Waals surface area contributed by atoms with Gasteiger partial charge >= 0.3 is 0 Å². The molecule has 0 bridgehead atoms. The van der Waals surface area contributed by atoms with Gasteiger partial charge in [-0.1, -0.05) is 5.16 Å². The number of halogens is 1. The number of nitrogens with zero attached hydrogens (tertiary/aromatic N) is 2. The number of nitrogens with one attached hydrogen (secondary N) is 1. The van der Waals surface area contributed by atoms with E-state index in [-0.39, 0.29) is 11.7 Å². The molecule has 0 aliphatic rings. The maximum absolute atomic E-state index is 13.0. The predicted molar refractivity (Wildman–Crippen MR) is 80.8 cm³/mol. The van der Waals surface area contributed by atoms with Gasteiger partial charge in [0.05, 0.1) is 7.05 Å². The molecule has 1 N–H and O–H groups in total. The SMILES string of the molecule is Cc1c(C[NH+](C)CC(=O)N(C)C)noc1-c1ccc(F)cc1. The van der Waals surface area contributed by atoms with E-state index in [0.717, 1.165) is 21.7 Å². The smallest absolute Gasteiger partial charge is 0.277 e. The van der Waals surface area contributed by atoms with Crippen molar-refractivity contribution in [3.8, 4) is 11.3 Å². The number of amides is 1. The molecule has 6 heteroatoms. The van der Waals surface area contributed by atoms with Crippen LogP contribution in [-0.2, 0) is 11.3 Å². The summed E-state index contributed by atoms with van der Waals surface area (Å²) in [5, 5.41) is 4.09. The molecule has 0 saturated carbocycles. The van der Waals surface area contributed by atoms with E-state index in [1.807, 2.05) is 14.0 Å². The highest BCUT2D eigenvalue weighted by Gasteiger charge is 2.19. The van der Waals surface area contributed by atoms with Gasteiger partial charge in [0.1, 0.15) is 18.1 Å². The molecule has 5 nitrogen and oxygen atoms in total. The molecule has 2 rings (SSSR count). The third-order valence-corrected chi connectivity index (χ3v) is 3.55. The fraction of sp³-hybridized carbons (Fsp3) is 0.375. The lowest BCUT2D eigenvalue weighted by atomic mass is 10.1. The largest absolute Gasteiger partial charge is 0.356 e. The van der Waals surface area contributed by atoms with Crippen LogP contribution >= 0.6 is 0 Å². The van der Waals surface area contributed by atoms with Gasteiger partial charge < -0.3 is 14.3 Å². The van der Waals surface area contributed by atoms with Crippen molar-refractivity contribution in [1.82, 2.24) is 10.1 Å². The van der Waals surface area contributed by atoms with Crippen LogP contribution in [0.15, 0.2) is 28.8 Å². The van der Waals surface area contributed by atoms with Gasteiger partial charge in [0, 0.05) is 25.2 Å². The van der Waals surface area contributed by atoms with E-state index in [1.54, 1.807) is 31.1 Å². The second-order valence-electron chi connectivity index (χ2n) is 5.69. The van der Waals surface area contributed by atoms with Crippen molar-refractivity contribution >= 4 is 5.91 Å². The molecule has 1 heterocycles. The van der Waals surface area contributed by atoms with Crippen LogP contribution in [0.5, 0.6) is 0 Å². The lowest BCUT2D eigenvalue weighted by Gasteiger charge is -2.15. The van der Waals surface area contributed by atoms with Crippen LogP contribution in [-0.4, -0.2) is 43.7 Å². The van der Waals surface area contributed by atoms with E-state index >= 15 is 0 Å². The molecule has 22 heavy (non-hydrogen) atoms. The van der Waals surface area contributed by atoms with Gasteiger partial charge in [0.15, 0.2) is 12.3 Å². The summed E-state index contributed by atoms with van der Waals surface area (Å²) in [5.74, 6) is 0.423. The van der Waals surface area contributed by atoms with Crippen molar-refractivity contribution in [2.75, 3.05) is 27.7 Å². The highest BCUT2D eigenvalue weighted by Crippen LogP contribution is 2.25. The molecule has 118 valence electrons. The number of rotatable bonds is 5. The van der Waals surface area contributed by atoms with E-state index in [0.29, 0.717) is 18.8 Å². The Morgan fingerprint density at radius 3 is 2.55 bits per heavy atom. The molecule has 0 fully saturated rings. The molecule has 0 spiro atoms. The van der Waals surface area contributed by atoms with E-state index in [9.17, 15) is 9.18 Å². The molecule has 0 aliphatic heterocycles. The molecular weight excluding hydrogens is 285 g/mol. The normalized spacial score (nSPS) is 12.2. The van der Waals surface area contributed by atoms with Crippen molar-refractivity contribution in [2.24, 2.45) is 0 Å². The maximum atomic E-state index is 13.0. The van der Waals surface area contributed by atoms with Gasteiger partial charge in [0.25, 0.3) is 5.91 Å². The first-order valence-corrected chi connectivity index (χ1v) is 7.11. The first-order valence-electron chi connectivity index (χ1n) is 7.11. The Balaban J connectivity index is 2.11. The Labute approximate surface area is 129 Å². The number of carbonyl (C=O) groups is 1. The molecular formula is C16H21FN3O2+. The summed E-state index contributed by atoms with van der Waals surface area (Å²) in [5.41, 5.74) is 2.52. The number of quaternary nitrogens is 1. The molecule has 0 aliphatic carbocycles. The van der Waals surface area contributed by atoms with Crippen LogP contribution in [0.25, 0.3) is 11.3 Å². The third-order valence-electron chi connectivity index (χ3n) is 3.55. The Kier molecular flexibility index (Phi) is 4.92. The minimum absolute atomic E-state index is 0.0670. The lowest BCUT2D eigenvalue weighted by Crippen LogP contribution is -3.08. The lowest BCUT2D eigenvalue weighted by molar-refractivity contribution is -0.886. The number of aromatic nitrogens is 1. The summed E-state index contributed by atoms with van der Waals surface area (Å²) in [6.45, 7) is 2.91. The highest BCUT2D eigenvalue weighted by molar-refractivity contribution is 5.76. The van der Waals surface area contributed by atoms with Crippen molar-refractivity contribution in [3.63, 3.8) is 0 Å². The molecule has 2 aromatic rings. The van der Waals surface area contributed by atoms with E-state index < -0.39 is 0 Å². The zero-order chi connectivity index (χ0) is 16.3. The van der Waals surface area contributed by atoms with Gasteiger partial charge in [-0.25, -0.2) is 4.39 Å². The summed E-state index contributed by atoms with van der Waals surface area (Å²) < 4.78 is 18.4. The van der Waals surface area contributed by atoms with Crippen LogP contribution in [0.4, 0.5) is 4.39 Å². The topological polar surface area (TPSA) is 50.8 Å². The minimum Gasteiger partial charge on any atom is -0.356 e. The van der Waals surface area contributed by atoms with Crippen LogP contribution < -0.4 is 4.90 Å². The van der Waals surface area contributed by atoms with Crippen molar-refractivity contribution in [1.29, 1.82) is 0 Å². The Bertz CT molecular complexity index is 650. The molecule has 1 aromatic carbocycles. The quantitative estimate of drug-likeness (QED) is 0.893. The molecule has 0 saturated heterocycles. The molecule has 1 amide bonds. The highest BCUT2D eigenvalue weighted by atomic mass is 19.1. The van der Waals surface area contributed by atoms with Crippen molar-refractivity contribution in [2.45, 2.75) is 13.5 Å². The zero-order valence-corrected chi connectivity index (χ0v) is 13.3. The number of likely N-dealkylation sites (N-methyl/N-ethyl adjacent to an activating group) is 2. The van der Waals surface area contributed by atoms with Crippen molar-refractivity contribution < 1.29 is 18.6 Å². The predicted octanol–water partition coefficient (Wildman–Crippen LogP) is 0.892. The molecule has 0 radical (unpaired) electrons. The van der Waals surface area contributed by atoms with E-state index in [1.165, 1.54) is 12.1 Å². The van der Waals surface area contributed by atoms with Gasteiger partial charge in [0.2, 0.25) is 0 Å². The number of hydrogen-bond donors (Lipinski definition) is 1. The molecule has 1 atom stereocenters. The standard InChI is InChI=1S/C16H20FN3O2/c1-11-14(9-20(4)10-15(21)19(2)3)18-22-16(11)12-5-7-13(17)8-6-12/h5-8H,9-10H2,1-4H3/p+1. The third kappa shape index (κ3) is 3.71. The summed E-state index contributed by atoms with van der Waals surface area (Å²) in [6.07, 6.45) is 0. The average Bonchev–Trinajstić information content (AvgIpc) is 2.81. The van der Waals surface area contributed by atoms with Crippen LogP contribution in [0.1, 0.15) is 11.3 Å². The summed E-state index contributed by atoms with van der Waals surface area (Å²) in [7, 11) is 5.42. The Hall–Kier alpha value is -2.21. The molecule has 1 unspecified atom stereocenters. The van der Waals surface area contributed by atoms with Crippen LogP contribution in [0.2, 0.25) is 0 Å². The second-order valence-corrected chi connectivity index (χ2v) is 5.69. The van der Waals surface area contributed by atoms with Crippen LogP contribution in [0.3, 0.4) is 0 Å². The number of carbonyl (C=O) groups excluding carboxylic acids is 1. The second kappa shape index (κ2) is 6.70. The molecule has 1 aromatic heterocycles. The summed E-state index contributed by atoms with van der Waals surface area (Å²) in [6, 6.07) is 6.12. The van der Waals surface area contributed by atoms with E-state index in [4.69, 9.17) is 4.52 Å². The first kappa shape index (κ1) is 16.2. The summed E-state index contributed by atoms with van der Waals surface area (Å²) >= 11 is 0. The Morgan fingerprint density at radius 2 is 1.95 bits per heavy atom. The minimum atomic E-state index is -0.285. The van der Waals surface area contributed by atoms with E-state index in [2.05, 4.69) is 5.16 Å².